The number of aryl methyl sites for hydroxylation is 1. The van der Waals surface area contributed by atoms with Crippen molar-refractivity contribution in [3.05, 3.63) is 35.4 Å². The fraction of sp³-hybridized carbons (Fsp3) is 0.714. The number of unbranched alkanes of at least 4 members (excludes halogenated alkanes) is 2. The minimum atomic E-state index is -0.354. The van der Waals surface area contributed by atoms with Crippen molar-refractivity contribution in [1.29, 1.82) is 0 Å². The summed E-state index contributed by atoms with van der Waals surface area (Å²) in [5.74, 6) is 2.53. The van der Waals surface area contributed by atoms with Crippen LogP contribution < -0.4 is 0 Å². The van der Waals surface area contributed by atoms with Crippen molar-refractivity contribution in [2.24, 2.45) is 5.41 Å². The highest BCUT2D eigenvalue weighted by Crippen LogP contribution is 2.38. The first kappa shape index (κ1) is 20.6. The molecule has 1 aromatic carbocycles. The summed E-state index contributed by atoms with van der Waals surface area (Å²) in [5.41, 5.74) is 2.46. The molecule has 23 heavy (non-hydrogen) atoms. The zero-order chi connectivity index (χ0) is 17.5. The van der Waals surface area contributed by atoms with E-state index in [0.717, 1.165) is 5.56 Å². The van der Waals surface area contributed by atoms with Crippen molar-refractivity contribution < 1.29 is 5.11 Å². The second-order valence-electron chi connectivity index (χ2n) is 7.79. The number of hydrogen-bond acceptors (Lipinski definition) is 1. The Kier molecular flexibility index (Phi) is 8.71. The Hall–Kier alpha value is -0.470. The maximum Gasteiger partial charge on any atom is 0.152 e. The van der Waals surface area contributed by atoms with Gasteiger partial charge in [0.2, 0.25) is 0 Å². The second kappa shape index (κ2) is 9.74. The molecule has 2 heteroatoms. The van der Waals surface area contributed by atoms with E-state index in [-0.39, 0.29) is 22.4 Å². The van der Waals surface area contributed by atoms with Crippen LogP contribution >= 0.6 is 0 Å². The molecule has 1 aromatic rings. The van der Waals surface area contributed by atoms with Crippen molar-refractivity contribution >= 4 is 10.9 Å². The Morgan fingerprint density at radius 3 is 1.83 bits per heavy atom. The van der Waals surface area contributed by atoms with Crippen molar-refractivity contribution in [3.63, 3.8) is 0 Å². The molecule has 0 aromatic heterocycles. The van der Waals surface area contributed by atoms with Crippen LogP contribution in [0.25, 0.3) is 0 Å². The summed E-state index contributed by atoms with van der Waals surface area (Å²) < 4.78 is 0. The predicted octanol–water partition coefficient (Wildman–Crippen LogP) is 5.66. The van der Waals surface area contributed by atoms with Gasteiger partial charge in [0.25, 0.3) is 0 Å². The van der Waals surface area contributed by atoms with E-state index in [1.165, 1.54) is 42.8 Å². The minimum Gasteiger partial charge on any atom is -0.383 e. The van der Waals surface area contributed by atoms with Gasteiger partial charge in [-0.1, -0.05) is 77.3 Å². The van der Waals surface area contributed by atoms with E-state index in [9.17, 15) is 5.11 Å². The lowest BCUT2D eigenvalue weighted by atomic mass is 9.86. The van der Waals surface area contributed by atoms with Gasteiger partial charge in [0, 0.05) is 5.41 Å². The molecular formula is C21H37OS+. The maximum atomic E-state index is 11.2. The molecule has 0 saturated heterocycles. The third kappa shape index (κ3) is 6.51. The molecule has 2 unspecified atom stereocenters. The van der Waals surface area contributed by atoms with Gasteiger partial charge in [-0.2, -0.15) is 0 Å². The molecule has 1 nitrogen and oxygen atoms in total. The van der Waals surface area contributed by atoms with E-state index in [4.69, 9.17) is 0 Å². The number of rotatable bonds is 9. The Balaban J connectivity index is 3.05. The van der Waals surface area contributed by atoms with E-state index in [0.29, 0.717) is 5.25 Å². The molecule has 0 amide bonds. The van der Waals surface area contributed by atoms with Crippen LogP contribution in [0.5, 0.6) is 0 Å². The maximum absolute atomic E-state index is 11.2. The molecule has 1 rings (SSSR count). The SMILES string of the molecule is CCCC[S+](CCCC)C(C(O)c1ccc(C)cc1)C(C)(C)C. The van der Waals surface area contributed by atoms with E-state index < -0.39 is 0 Å². The lowest BCUT2D eigenvalue weighted by Gasteiger charge is -2.34. The van der Waals surface area contributed by atoms with Crippen molar-refractivity contribution in [1.82, 2.24) is 0 Å². The molecule has 0 aliphatic rings. The van der Waals surface area contributed by atoms with Crippen LogP contribution in [0.3, 0.4) is 0 Å². The lowest BCUT2D eigenvalue weighted by Crippen LogP contribution is -2.42. The van der Waals surface area contributed by atoms with Crippen LogP contribution in [-0.2, 0) is 10.9 Å². The fourth-order valence-electron chi connectivity index (χ4n) is 3.11. The largest absolute Gasteiger partial charge is 0.383 e. The van der Waals surface area contributed by atoms with E-state index in [1.54, 1.807) is 0 Å². The highest BCUT2D eigenvalue weighted by Gasteiger charge is 2.44. The number of aliphatic hydroxyl groups is 1. The molecular weight excluding hydrogens is 300 g/mol. The predicted molar refractivity (Wildman–Crippen MR) is 106 cm³/mol. The first-order valence-corrected chi connectivity index (χ1v) is 10.8. The molecule has 132 valence electrons. The van der Waals surface area contributed by atoms with Gasteiger partial charge in [0.15, 0.2) is 5.25 Å². The highest BCUT2D eigenvalue weighted by atomic mass is 32.2. The molecule has 0 aliphatic heterocycles. The summed E-state index contributed by atoms with van der Waals surface area (Å²) in [6, 6.07) is 8.46. The molecule has 0 heterocycles. The van der Waals surface area contributed by atoms with Crippen molar-refractivity contribution in [2.45, 2.75) is 78.6 Å². The van der Waals surface area contributed by atoms with Crippen LogP contribution in [0.4, 0.5) is 0 Å². The standard InChI is InChI=1S/C21H37OS/c1-7-9-15-23(16-10-8-2)20(21(4,5)6)19(22)18-13-11-17(3)12-14-18/h11-14,19-20,22H,7-10,15-16H2,1-6H3/q+1. The lowest BCUT2D eigenvalue weighted by molar-refractivity contribution is 0.130. The van der Waals surface area contributed by atoms with Gasteiger partial charge >= 0.3 is 0 Å². The number of hydrogen-bond donors (Lipinski definition) is 1. The molecule has 1 N–H and O–H groups in total. The van der Waals surface area contributed by atoms with E-state index in [1.807, 2.05) is 0 Å². The average Bonchev–Trinajstić information content (AvgIpc) is 2.49. The average molecular weight is 338 g/mol. The van der Waals surface area contributed by atoms with Gasteiger partial charge in [-0.05, 0) is 36.2 Å². The molecule has 0 saturated carbocycles. The Morgan fingerprint density at radius 1 is 0.957 bits per heavy atom. The summed E-state index contributed by atoms with van der Waals surface area (Å²) in [7, 11) is 0.283. The summed E-state index contributed by atoms with van der Waals surface area (Å²) >= 11 is 0. The number of aliphatic hydroxyl groups excluding tert-OH is 1. The van der Waals surface area contributed by atoms with Crippen molar-refractivity contribution in [2.75, 3.05) is 11.5 Å². The fourth-order valence-corrected chi connectivity index (χ4v) is 6.66. The quantitative estimate of drug-likeness (QED) is 0.576. The highest BCUT2D eigenvalue weighted by molar-refractivity contribution is 7.97. The zero-order valence-corrected chi connectivity index (χ0v) is 16.9. The monoisotopic (exact) mass is 337 g/mol. The smallest absolute Gasteiger partial charge is 0.152 e. The second-order valence-corrected chi connectivity index (χ2v) is 10.2. The third-order valence-corrected chi connectivity index (χ3v) is 7.75. The molecule has 0 radical (unpaired) electrons. The molecule has 0 spiro atoms. The van der Waals surface area contributed by atoms with Gasteiger partial charge in [0.05, 0.1) is 0 Å². The molecule has 2 atom stereocenters. The van der Waals surface area contributed by atoms with E-state index in [2.05, 4.69) is 65.8 Å². The normalized spacial score (nSPS) is 15.0. The van der Waals surface area contributed by atoms with Crippen LogP contribution in [-0.4, -0.2) is 21.9 Å². The summed E-state index contributed by atoms with van der Waals surface area (Å²) in [4.78, 5) is 0. The first-order chi connectivity index (χ1) is 10.8. The van der Waals surface area contributed by atoms with Gasteiger partial charge in [-0.15, -0.1) is 0 Å². The Bertz CT molecular complexity index is 424. The van der Waals surface area contributed by atoms with Crippen LogP contribution in [0.2, 0.25) is 0 Å². The zero-order valence-electron chi connectivity index (χ0n) is 16.1. The minimum absolute atomic E-state index is 0.120. The van der Waals surface area contributed by atoms with Gasteiger partial charge in [-0.25, -0.2) is 0 Å². The first-order valence-electron chi connectivity index (χ1n) is 9.22. The van der Waals surface area contributed by atoms with Gasteiger partial charge in [0.1, 0.15) is 17.6 Å². The topological polar surface area (TPSA) is 20.2 Å². The van der Waals surface area contributed by atoms with E-state index >= 15 is 0 Å². The third-order valence-electron chi connectivity index (χ3n) is 4.44. The number of benzene rings is 1. The van der Waals surface area contributed by atoms with Crippen molar-refractivity contribution in [3.8, 4) is 0 Å². The van der Waals surface area contributed by atoms with Crippen LogP contribution in [0.1, 0.15) is 77.5 Å². The van der Waals surface area contributed by atoms with Crippen LogP contribution in [0.15, 0.2) is 24.3 Å². The van der Waals surface area contributed by atoms with Gasteiger partial charge in [-0.3, -0.25) is 0 Å². The van der Waals surface area contributed by atoms with Gasteiger partial charge < -0.3 is 5.11 Å². The molecule has 0 fully saturated rings. The summed E-state index contributed by atoms with van der Waals surface area (Å²) in [5, 5.41) is 11.5. The summed E-state index contributed by atoms with van der Waals surface area (Å²) in [6.45, 7) is 13.5. The summed E-state index contributed by atoms with van der Waals surface area (Å²) in [6.07, 6.45) is 4.69. The molecule has 0 aliphatic carbocycles. The van der Waals surface area contributed by atoms with Crippen LogP contribution in [0, 0.1) is 12.3 Å². The Labute approximate surface area is 147 Å². The molecule has 0 bridgehead atoms. The Morgan fingerprint density at radius 2 is 1.43 bits per heavy atom.